The van der Waals surface area contributed by atoms with Gasteiger partial charge in [-0.3, -0.25) is 9.59 Å². The van der Waals surface area contributed by atoms with Crippen LogP contribution in [-0.2, 0) is 9.59 Å². The van der Waals surface area contributed by atoms with E-state index in [9.17, 15) is 14.0 Å². The predicted octanol–water partition coefficient (Wildman–Crippen LogP) is 3.68. The molecule has 7 heteroatoms. The van der Waals surface area contributed by atoms with E-state index in [2.05, 4.69) is 10.3 Å². The van der Waals surface area contributed by atoms with Crippen molar-refractivity contribution in [3.05, 3.63) is 35.5 Å². The number of nitrogens with zero attached hydrogens (tertiary/aromatic N) is 2. The van der Waals surface area contributed by atoms with Crippen LogP contribution in [0.15, 0.2) is 29.6 Å². The van der Waals surface area contributed by atoms with Crippen molar-refractivity contribution < 1.29 is 14.0 Å². The van der Waals surface area contributed by atoms with Crippen LogP contribution in [0.5, 0.6) is 0 Å². The van der Waals surface area contributed by atoms with Crippen LogP contribution >= 0.6 is 11.3 Å². The molecule has 2 heterocycles. The number of amides is 2. The molecular formula is C18H20FN3O2S. The zero-order valence-electron chi connectivity index (χ0n) is 13.8. The Balaban J connectivity index is 1.59. The number of carbonyl (C=O) groups excluding carboxylic acids is 2. The highest BCUT2D eigenvalue weighted by molar-refractivity contribution is 7.14. The first-order chi connectivity index (χ1) is 12.1. The Morgan fingerprint density at radius 2 is 1.96 bits per heavy atom. The quantitative estimate of drug-likeness (QED) is 0.904. The van der Waals surface area contributed by atoms with Gasteiger partial charge in [0.2, 0.25) is 11.8 Å². The molecule has 3 rings (SSSR count). The van der Waals surface area contributed by atoms with Crippen LogP contribution in [0, 0.1) is 5.82 Å². The molecule has 0 atom stereocenters. The lowest BCUT2D eigenvalue weighted by atomic mass is 10.1. The molecule has 0 radical (unpaired) electrons. The monoisotopic (exact) mass is 361 g/mol. The fourth-order valence-electron chi connectivity index (χ4n) is 2.80. The van der Waals surface area contributed by atoms with Gasteiger partial charge in [-0.05, 0) is 37.1 Å². The summed E-state index contributed by atoms with van der Waals surface area (Å²) in [7, 11) is 0. The lowest BCUT2D eigenvalue weighted by Crippen LogP contribution is -2.39. The number of halogens is 1. The first kappa shape index (κ1) is 17.5. The molecule has 25 heavy (non-hydrogen) atoms. The molecule has 1 fully saturated rings. The van der Waals surface area contributed by atoms with Crippen LogP contribution in [0.3, 0.4) is 0 Å². The molecule has 0 bridgehead atoms. The third kappa shape index (κ3) is 4.85. The Bertz CT molecular complexity index is 745. The molecule has 1 aromatic carbocycles. The van der Waals surface area contributed by atoms with Gasteiger partial charge in [0.15, 0.2) is 5.13 Å². The average molecular weight is 361 g/mol. The standard InChI is InChI=1S/C18H20FN3O2S/c19-14-8-6-13(7-9-14)15-12-25-18(20-15)21-16(23)11-22-10-4-2-1-3-5-17(22)24/h6-9,12H,1-5,10-11H2,(H,20,21,23). The highest BCUT2D eigenvalue weighted by atomic mass is 32.1. The molecule has 1 aliphatic heterocycles. The van der Waals surface area contributed by atoms with E-state index >= 15 is 0 Å². The average Bonchev–Trinajstić information content (AvgIpc) is 3.03. The largest absolute Gasteiger partial charge is 0.333 e. The Morgan fingerprint density at radius 3 is 2.76 bits per heavy atom. The number of likely N-dealkylation sites (tertiary alicyclic amines) is 1. The molecule has 0 unspecified atom stereocenters. The van der Waals surface area contributed by atoms with Crippen molar-refractivity contribution in [2.24, 2.45) is 0 Å². The van der Waals surface area contributed by atoms with E-state index in [1.165, 1.54) is 23.5 Å². The Labute approximate surface area is 149 Å². The van der Waals surface area contributed by atoms with Gasteiger partial charge in [0.1, 0.15) is 5.82 Å². The van der Waals surface area contributed by atoms with E-state index < -0.39 is 0 Å². The number of nitrogens with one attached hydrogen (secondary N) is 1. The lowest BCUT2D eigenvalue weighted by Gasteiger charge is -2.23. The van der Waals surface area contributed by atoms with E-state index in [1.807, 2.05) is 5.38 Å². The van der Waals surface area contributed by atoms with Crippen molar-refractivity contribution in [3.63, 3.8) is 0 Å². The minimum absolute atomic E-state index is 0.0426. The van der Waals surface area contributed by atoms with Crippen molar-refractivity contribution in [1.29, 1.82) is 0 Å². The van der Waals surface area contributed by atoms with Crippen LogP contribution in [0.2, 0.25) is 0 Å². The summed E-state index contributed by atoms with van der Waals surface area (Å²) in [6.45, 7) is 0.690. The van der Waals surface area contributed by atoms with Gasteiger partial charge >= 0.3 is 0 Å². The molecule has 2 amide bonds. The fraction of sp³-hybridized carbons (Fsp3) is 0.389. The number of carbonyl (C=O) groups is 2. The maximum atomic E-state index is 13.0. The van der Waals surface area contributed by atoms with Gasteiger partial charge in [-0.1, -0.05) is 12.8 Å². The second-order valence-corrected chi connectivity index (χ2v) is 6.93. The van der Waals surface area contributed by atoms with Gasteiger partial charge in [-0.25, -0.2) is 9.37 Å². The zero-order valence-corrected chi connectivity index (χ0v) is 14.7. The number of benzene rings is 1. The summed E-state index contributed by atoms with van der Waals surface area (Å²) in [5.41, 5.74) is 1.47. The third-order valence-electron chi connectivity index (χ3n) is 4.15. The van der Waals surface area contributed by atoms with E-state index in [4.69, 9.17) is 0 Å². The van der Waals surface area contributed by atoms with Crippen LogP contribution in [0.25, 0.3) is 11.3 Å². The van der Waals surface area contributed by atoms with E-state index in [1.54, 1.807) is 17.0 Å². The fourth-order valence-corrected chi connectivity index (χ4v) is 3.53. The highest BCUT2D eigenvalue weighted by Gasteiger charge is 2.19. The van der Waals surface area contributed by atoms with Crippen LogP contribution < -0.4 is 5.32 Å². The number of rotatable bonds is 4. The van der Waals surface area contributed by atoms with Crippen molar-refractivity contribution >= 4 is 28.3 Å². The summed E-state index contributed by atoms with van der Waals surface area (Å²) >= 11 is 1.31. The van der Waals surface area contributed by atoms with Gasteiger partial charge < -0.3 is 10.2 Å². The summed E-state index contributed by atoms with van der Waals surface area (Å²) in [6, 6.07) is 6.05. The van der Waals surface area contributed by atoms with Gasteiger partial charge in [0, 0.05) is 23.9 Å². The summed E-state index contributed by atoms with van der Waals surface area (Å²) in [5.74, 6) is -0.500. The summed E-state index contributed by atoms with van der Waals surface area (Å²) in [6.07, 6.45) is 4.52. The molecule has 0 saturated carbocycles. The normalized spacial score (nSPS) is 15.6. The zero-order chi connectivity index (χ0) is 17.6. The first-order valence-electron chi connectivity index (χ1n) is 8.41. The SMILES string of the molecule is O=C(CN1CCCCCCC1=O)Nc1nc(-c2ccc(F)cc2)cs1. The van der Waals surface area contributed by atoms with E-state index in [0.717, 1.165) is 31.2 Å². The molecule has 1 N–H and O–H groups in total. The van der Waals surface area contributed by atoms with Crippen LogP contribution in [-0.4, -0.2) is 34.8 Å². The Hall–Kier alpha value is -2.28. The molecule has 5 nitrogen and oxygen atoms in total. The van der Waals surface area contributed by atoms with E-state index in [0.29, 0.717) is 23.8 Å². The third-order valence-corrected chi connectivity index (χ3v) is 4.90. The molecule has 1 saturated heterocycles. The summed E-state index contributed by atoms with van der Waals surface area (Å²) in [4.78, 5) is 30.3. The number of thiazole rings is 1. The lowest BCUT2D eigenvalue weighted by molar-refractivity contribution is -0.135. The second kappa shape index (κ2) is 8.20. The van der Waals surface area contributed by atoms with Crippen molar-refractivity contribution in [2.75, 3.05) is 18.4 Å². The van der Waals surface area contributed by atoms with Gasteiger partial charge in [0.05, 0.1) is 12.2 Å². The van der Waals surface area contributed by atoms with Crippen molar-refractivity contribution in [1.82, 2.24) is 9.88 Å². The van der Waals surface area contributed by atoms with Crippen molar-refractivity contribution in [3.8, 4) is 11.3 Å². The number of aromatic nitrogens is 1. The van der Waals surface area contributed by atoms with Gasteiger partial charge in [0.25, 0.3) is 0 Å². The molecular weight excluding hydrogens is 341 g/mol. The maximum Gasteiger partial charge on any atom is 0.245 e. The molecule has 1 aliphatic rings. The molecule has 0 aliphatic carbocycles. The van der Waals surface area contributed by atoms with Crippen LogP contribution in [0.1, 0.15) is 32.1 Å². The number of hydrogen-bond donors (Lipinski definition) is 1. The first-order valence-corrected chi connectivity index (χ1v) is 9.29. The highest BCUT2D eigenvalue weighted by Crippen LogP contribution is 2.25. The molecule has 132 valence electrons. The van der Waals surface area contributed by atoms with Gasteiger partial charge in [-0.2, -0.15) is 0 Å². The minimum atomic E-state index is -0.301. The maximum absolute atomic E-state index is 13.0. The second-order valence-electron chi connectivity index (χ2n) is 6.07. The Morgan fingerprint density at radius 1 is 1.20 bits per heavy atom. The smallest absolute Gasteiger partial charge is 0.245 e. The van der Waals surface area contributed by atoms with E-state index in [-0.39, 0.29) is 24.2 Å². The molecule has 0 spiro atoms. The Kier molecular flexibility index (Phi) is 5.75. The number of anilines is 1. The molecule has 2 aromatic rings. The minimum Gasteiger partial charge on any atom is -0.333 e. The summed E-state index contributed by atoms with van der Waals surface area (Å²) < 4.78 is 13.0. The molecule has 1 aromatic heterocycles. The summed E-state index contributed by atoms with van der Waals surface area (Å²) in [5, 5.41) is 5.03. The topological polar surface area (TPSA) is 62.3 Å². The van der Waals surface area contributed by atoms with Crippen LogP contribution in [0.4, 0.5) is 9.52 Å². The number of hydrogen-bond acceptors (Lipinski definition) is 4. The van der Waals surface area contributed by atoms with Gasteiger partial charge in [-0.15, -0.1) is 11.3 Å². The van der Waals surface area contributed by atoms with Crippen molar-refractivity contribution in [2.45, 2.75) is 32.1 Å². The predicted molar refractivity (Wildman–Crippen MR) is 95.8 cm³/mol.